The van der Waals surface area contributed by atoms with Gasteiger partial charge >= 0.3 is 0 Å². The molecule has 1 aromatic carbocycles. The van der Waals surface area contributed by atoms with Crippen molar-refractivity contribution in [2.24, 2.45) is 0 Å². The van der Waals surface area contributed by atoms with Crippen molar-refractivity contribution >= 4 is 46.8 Å². The zero-order chi connectivity index (χ0) is 14.7. The summed E-state index contributed by atoms with van der Waals surface area (Å²) >= 11 is 10.8. The summed E-state index contributed by atoms with van der Waals surface area (Å²) in [5.74, 6) is -0.941. The minimum Gasteiger partial charge on any atom is -0.298 e. The predicted octanol–water partition coefficient (Wildman–Crippen LogP) is 2.15. The van der Waals surface area contributed by atoms with Crippen molar-refractivity contribution in [1.29, 1.82) is 0 Å². The van der Waals surface area contributed by atoms with Crippen molar-refractivity contribution < 1.29 is 9.59 Å². The van der Waals surface area contributed by atoms with Gasteiger partial charge in [-0.25, -0.2) is 0 Å². The number of thiocarbonyl (C=S) groups is 1. The maximum atomic E-state index is 12.2. The Labute approximate surface area is 126 Å². The van der Waals surface area contributed by atoms with Crippen molar-refractivity contribution in [2.45, 2.75) is 0 Å². The molecule has 1 heterocycles. The molecular weight excluding hydrogens is 296 g/mol. The number of nitrogens with zero attached hydrogens (tertiary/aromatic N) is 1. The monoisotopic (exact) mass is 306 g/mol. The third-order valence-electron chi connectivity index (χ3n) is 2.68. The summed E-state index contributed by atoms with van der Waals surface area (Å²) in [6.45, 7) is 3.81. The Morgan fingerprint density at radius 3 is 2.55 bits per heavy atom. The first-order valence-corrected chi connectivity index (χ1v) is 6.57. The molecule has 1 fully saturated rings. The van der Waals surface area contributed by atoms with E-state index in [1.165, 1.54) is 11.0 Å². The Bertz CT molecular complexity index is 623. The Morgan fingerprint density at radius 1 is 1.30 bits per heavy atom. The number of halogens is 1. The smallest absolute Gasteiger partial charge is 0.265 e. The molecule has 6 heteroatoms. The lowest BCUT2D eigenvalue weighted by Gasteiger charge is -2.27. The molecule has 0 atom stereocenters. The Morgan fingerprint density at radius 2 is 1.95 bits per heavy atom. The number of rotatable bonds is 3. The van der Waals surface area contributed by atoms with E-state index in [0.717, 1.165) is 0 Å². The molecule has 1 N–H and O–H groups in total. The summed E-state index contributed by atoms with van der Waals surface area (Å²) in [6, 6.07) is 6.82. The highest BCUT2D eigenvalue weighted by Crippen LogP contribution is 2.16. The van der Waals surface area contributed by atoms with Crippen LogP contribution in [0.15, 0.2) is 42.5 Å². The van der Waals surface area contributed by atoms with E-state index in [0.29, 0.717) is 10.6 Å². The fourth-order valence-corrected chi connectivity index (χ4v) is 2.09. The standard InChI is InChI=1S/C14H11ClN2O2S/c1-2-7-17-13(19)11(12(18)16-14(17)20)8-9-3-5-10(15)6-4-9/h2-6,8H,1,7H2,(H,16,18,20)/b11-8-. The van der Waals surface area contributed by atoms with Gasteiger partial charge in [0.1, 0.15) is 5.57 Å². The van der Waals surface area contributed by atoms with Crippen molar-refractivity contribution in [3.05, 3.63) is 53.1 Å². The minimum atomic E-state index is -0.504. The highest BCUT2D eigenvalue weighted by molar-refractivity contribution is 7.80. The fraction of sp³-hybridized carbons (Fsp3) is 0.0714. The lowest BCUT2D eigenvalue weighted by atomic mass is 10.1. The van der Waals surface area contributed by atoms with Gasteiger partial charge in [-0.05, 0) is 36.0 Å². The zero-order valence-corrected chi connectivity index (χ0v) is 12.0. The van der Waals surface area contributed by atoms with Crippen LogP contribution in [0.4, 0.5) is 0 Å². The normalized spacial score (nSPS) is 17.4. The Balaban J connectivity index is 2.36. The molecule has 0 saturated carbocycles. The summed E-state index contributed by atoms with van der Waals surface area (Å²) in [5, 5.41) is 3.16. The van der Waals surface area contributed by atoms with Crippen LogP contribution >= 0.6 is 23.8 Å². The van der Waals surface area contributed by atoms with Gasteiger partial charge in [-0.15, -0.1) is 6.58 Å². The van der Waals surface area contributed by atoms with Gasteiger partial charge in [0.2, 0.25) is 0 Å². The largest absolute Gasteiger partial charge is 0.298 e. The van der Waals surface area contributed by atoms with E-state index >= 15 is 0 Å². The summed E-state index contributed by atoms with van der Waals surface area (Å²) in [6.07, 6.45) is 3.05. The molecule has 0 bridgehead atoms. The Hall–Kier alpha value is -1.98. The van der Waals surface area contributed by atoms with Crippen LogP contribution in [0.25, 0.3) is 6.08 Å². The zero-order valence-electron chi connectivity index (χ0n) is 10.4. The van der Waals surface area contributed by atoms with Gasteiger partial charge in [0, 0.05) is 11.6 Å². The first-order chi connectivity index (χ1) is 9.52. The third kappa shape index (κ3) is 2.95. The molecule has 1 aliphatic rings. The van der Waals surface area contributed by atoms with E-state index in [1.807, 2.05) is 0 Å². The lowest BCUT2D eigenvalue weighted by Crippen LogP contribution is -2.53. The van der Waals surface area contributed by atoms with E-state index in [9.17, 15) is 9.59 Å². The summed E-state index contributed by atoms with van der Waals surface area (Å²) in [5.41, 5.74) is 0.738. The average molecular weight is 307 g/mol. The van der Waals surface area contributed by atoms with Gasteiger partial charge in [-0.1, -0.05) is 29.8 Å². The molecule has 0 aliphatic carbocycles. The first-order valence-electron chi connectivity index (χ1n) is 5.78. The van der Waals surface area contributed by atoms with Gasteiger partial charge in [-0.3, -0.25) is 19.8 Å². The summed E-state index contributed by atoms with van der Waals surface area (Å²) in [7, 11) is 0. The van der Waals surface area contributed by atoms with E-state index < -0.39 is 11.8 Å². The SMILES string of the molecule is C=CCN1C(=O)/C(=C\c2ccc(Cl)cc2)C(=O)NC1=S. The van der Waals surface area contributed by atoms with Crippen LogP contribution in [0.1, 0.15) is 5.56 Å². The molecule has 1 aromatic rings. The fourth-order valence-electron chi connectivity index (χ4n) is 1.71. The highest BCUT2D eigenvalue weighted by atomic mass is 35.5. The molecule has 0 radical (unpaired) electrons. The maximum Gasteiger partial charge on any atom is 0.265 e. The molecule has 0 unspecified atom stereocenters. The van der Waals surface area contributed by atoms with Crippen LogP contribution in [-0.4, -0.2) is 28.4 Å². The minimum absolute atomic E-state index is 0.0303. The molecule has 2 amide bonds. The van der Waals surface area contributed by atoms with Crippen LogP contribution in [0.5, 0.6) is 0 Å². The van der Waals surface area contributed by atoms with Crippen LogP contribution in [-0.2, 0) is 9.59 Å². The number of carbonyl (C=O) groups is 2. The van der Waals surface area contributed by atoms with Gasteiger partial charge in [-0.2, -0.15) is 0 Å². The second kappa shape index (κ2) is 5.98. The van der Waals surface area contributed by atoms with Crippen molar-refractivity contribution in [3.8, 4) is 0 Å². The molecule has 2 rings (SSSR count). The van der Waals surface area contributed by atoms with Crippen molar-refractivity contribution in [1.82, 2.24) is 10.2 Å². The first kappa shape index (κ1) is 14.4. The molecule has 0 aromatic heterocycles. The van der Waals surface area contributed by atoms with E-state index in [1.54, 1.807) is 30.3 Å². The molecule has 1 saturated heterocycles. The van der Waals surface area contributed by atoms with Crippen molar-refractivity contribution in [3.63, 3.8) is 0 Å². The maximum absolute atomic E-state index is 12.2. The van der Waals surface area contributed by atoms with Gasteiger partial charge in [0.25, 0.3) is 11.8 Å². The van der Waals surface area contributed by atoms with Crippen LogP contribution in [0, 0.1) is 0 Å². The number of hydrogen-bond acceptors (Lipinski definition) is 3. The van der Waals surface area contributed by atoms with Gasteiger partial charge < -0.3 is 0 Å². The predicted molar refractivity (Wildman–Crippen MR) is 82.1 cm³/mol. The lowest BCUT2D eigenvalue weighted by molar-refractivity contribution is -0.128. The molecule has 20 heavy (non-hydrogen) atoms. The highest BCUT2D eigenvalue weighted by Gasteiger charge is 2.32. The van der Waals surface area contributed by atoms with E-state index in [-0.39, 0.29) is 17.2 Å². The number of nitrogens with one attached hydrogen (secondary N) is 1. The van der Waals surface area contributed by atoms with Crippen molar-refractivity contribution in [2.75, 3.05) is 6.54 Å². The van der Waals surface area contributed by atoms with E-state index in [4.69, 9.17) is 23.8 Å². The quantitative estimate of drug-likeness (QED) is 0.403. The molecule has 0 spiro atoms. The summed E-state index contributed by atoms with van der Waals surface area (Å²) < 4.78 is 0. The molecule has 1 aliphatic heterocycles. The second-order valence-electron chi connectivity index (χ2n) is 4.07. The van der Waals surface area contributed by atoms with Crippen LogP contribution in [0.2, 0.25) is 5.02 Å². The van der Waals surface area contributed by atoms with Crippen LogP contribution < -0.4 is 5.32 Å². The van der Waals surface area contributed by atoms with Gasteiger partial charge in [0.05, 0.1) is 0 Å². The number of carbonyl (C=O) groups excluding carboxylic acids is 2. The number of benzene rings is 1. The molecule has 4 nitrogen and oxygen atoms in total. The number of amides is 2. The van der Waals surface area contributed by atoms with Crippen LogP contribution in [0.3, 0.4) is 0 Å². The third-order valence-corrected chi connectivity index (χ3v) is 3.25. The Kier molecular flexibility index (Phi) is 4.32. The number of hydrogen-bond donors (Lipinski definition) is 1. The average Bonchev–Trinajstić information content (AvgIpc) is 2.41. The molecular formula is C14H11ClN2O2S. The van der Waals surface area contributed by atoms with Gasteiger partial charge in [0.15, 0.2) is 5.11 Å². The van der Waals surface area contributed by atoms with E-state index in [2.05, 4.69) is 11.9 Å². The second-order valence-corrected chi connectivity index (χ2v) is 4.90. The summed E-state index contributed by atoms with van der Waals surface area (Å²) in [4.78, 5) is 25.4. The topological polar surface area (TPSA) is 49.4 Å². The molecule has 102 valence electrons.